The van der Waals surface area contributed by atoms with Crippen molar-refractivity contribution in [1.29, 1.82) is 0 Å². The van der Waals surface area contributed by atoms with E-state index in [1.54, 1.807) is 11.8 Å². The van der Waals surface area contributed by atoms with Crippen LogP contribution in [0.2, 0.25) is 0 Å². The lowest BCUT2D eigenvalue weighted by molar-refractivity contribution is 0.932. The molecule has 136 valence electrons. The van der Waals surface area contributed by atoms with Gasteiger partial charge in [0.15, 0.2) is 4.34 Å². The molecule has 0 amide bonds. The van der Waals surface area contributed by atoms with Crippen molar-refractivity contribution in [3.05, 3.63) is 66.4 Å². The molecule has 7 heteroatoms. The largest absolute Gasteiger partial charge is 0.378 e. The molecule has 0 fully saturated rings. The number of hydrogen-bond donors (Lipinski definition) is 0. The minimum atomic E-state index is 0.673. The van der Waals surface area contributed by atoms with Crippen LogP contribution in [0.4, 0.5) is 10.8 Å². The average Bonchev–Trinajstić information content (AvgIpc) is 3.32. The summed E-state index contributed by atoms with van der Waals surface area (Å²) in [5.41, 5.74) is 3.44. The van der Waals surface area contributed by atoms with Gasteiger partial charge in [-0.3, -0.25) is 0 Å². The van der Waals surface area contributed by atoms with Gasteiger partial charge in [-0.15, -0.1) is 10.2 Å². The molecular weight excluding hydrogens is 374 g/mol. The summed E-state index contributed by atoms with van der Waals surface area (Å²) in [6.45, 7) is 0. The highest BCUT2D eigenvalue weighted by Crippen LogP contribution is 2.29. The fraction of sp³-hybridized carbons (Fsp3) is 0.150. The molecule has 2 aromatic heterocycles. The van der Waals surface area contributed by atoms with Crippen LogP contribution in [0.3, 0.4) is 0 Å². The van der Waals surface area contributed by atoms with E-state index in [-0.39, 0.29) is 0 Å². The summed E-state index contributed by atoms with van der Waals surface area (Å²) in [7, 11) is 4.06. The first-order valence-electron chi connectivity index (χ1n) is 8.51. The van der Waals surface area contributed by atoms with Gasteiger partial charge in [0.1, 0.15) is 0 Å². The molecule has 0 N–H and O–H groups in total. The number of aliphatic imine (C=N–C) groups is 1. The van der Waals surface area contributed by atoms with E-state index in [0.29, 0.717) is 5.13 Å². The van der Waals surface area contributed by atoms with Gasteiger partial charge in [-0.05, 0) is 35.2 Å². The molecule has 0 aliphatic heterocycles. The maximum absolute atomic E-state index is 4.45. The van der Waals surface area contributed by atoms with Gasteiger partial charge in [0.2, 0.25) is 5.13 Å². The molecule has 0 aliphatic carbocycles. The molecule has 5 nitrogen and oxygen atoms in total. The zero-order chi connectivity index (χ0) is 18.6. The highest BCUT2D eigenvalue weighted by atomic mass is 32.2. The number of fused-ring (bicyclic) bond motifs is 1. The molecule has 0 spiro atoms. The normalized spacial score (nSPS) is 11.5. The van der Waals surface area contributed by atoms with Crippen molar-refractivity contribution in [3.8, 4) is 0 Å². The second kappa shape index (κ2) is 7.94. The van der Waals surface area contributed by atoms with Crippen molar-refractivity contribution in [2.24, 2.45) is 4.99 Å². The number of thioether (sulfide) groups is 1. The van der Waals surface area contributed by atoms with Gasteiger partial charge < -0.3 is 9.47 Å². The molecule has 2 aromatic carbocycles. The molecule has 0 aliphatic rings. The second-order valence-corrected chi connectivity index (χ2v) is 8.36. The summed E-state index contributed by atoms with van der Waals surface area (Å²) in [4.78, 5) is 6.53. The quantitative estimate of drug-likeness (QED) is 0.339. The minimum absolute atomic E-state index is 0.673. The molecular formula is C20H19N5S2. The maximum Gasteiger partial charge on any atom is 0.232 e. The highest BCUT2D eigenvalue weighted by molar-refractivity contribution is 8.00. The summed E-state index contributed by atoms with van der Waals surface area (Å²) in [6, 6.07) is 18.8. The number of nitrogens with zero attached hydrogens (tertiary/aromatic N) is 5. The van der Waals surface area contributed by atoms with Gasteiger partial charge >= 0.3 is 0 Å². The van der Waals surface area contributed by atoms with Crippen LogP contribution in [0.5, 0.6) is 0 Å². The van der Waals surface area contributed by atoms with Crippen molar-refractivity contribution in [2.45, 2.75) is 10.2 Å². The lowest BCUT2D eigenvalue weighted by Crippen LogP contribution is -2.08. The predicted octanol–water partition coefficient (Wildman–Crippen LogP) is 5.06. The SMILES string of the molecule is CN(C)c1ccc(C=Nc2nnc(SCn3ccc4ccccc43)s2)cc1. The number of para-hydroxylation sites is 1. The van der Waals surface area contributed by atoms with Gasteiger partial charge in [0.05, 0.1) is 5.88 Å². The van der Waals surface area contributed by atoms with Crippen LogP contribution < -0.4 is 4.90 Å². The van der Waals surface area contributed by atoms with Crippen molar-refractivity contribution in [1.82, 2.24) is 14.8 Å². The number of rotatable bonds is 6. The van der Waals surface area contributed by atoms with Crippen LogP contribution in [0.1, 0.15) is 5.56 Å². The van der Waals surface area contributed by atoms with Gasteiger partial charge in [0, 0.05) is 37.7 Å². The molecule has 27 heavy (non-hydrogen) atoms. The zero-order valence-corrected chi connectivity index (χ0v) is 16.7. The van der Waals surface area contributed by atoms with E-state index in [0.717, 1.165) is 15.8 Å². The summed E-state index contributed by atoms with van der Waals surface area (Å²) >= 11 is 3.18. The number of anilines is 1. The third kappa shape index (κ3) is 4.20. The Balaban J connectivity index is 1.39. The summed E-state index contributed by atoms with van der Waals surface area (Å²) in [6.07, 6.45) is 3.93. The van der Waals surface area contributed by atoms with Gasteiger partial charge in [-0.1, -0.05) is 53.4 Å². The van der Waals surface area contributed by atoms with Crippen LogP contribution >= 0.6 is 23.1 Å². The molecule has 0 saturated heterocycles. The van der Waals surface area contributed by atoms with E-state index in [1.165, 1.54) is 27.9 Å². The Morgan fingerprint density at radius 3 is 2.70 bits per heavy atom. The fourth-order valence-electron chi connectivity index (χ4n) is 2.68. The van der Waals surface area contributed by atoms with Crippen LogP contribution in [0.15, 0.2) is 70.1 Å². The van der Waals surface area contributed by atoms with E-state index in [4.69, 9.17) is 0 Å². The van der Waals surface area contributed by atoms with Gasteiger partial charge in [-0.25, -0.2) is 4.99 Å². The molecule has 4 aromatic rings. The molecule has 0 unspecified atom stereocenters. The molecule has 0 radical (unpaired) electrons. The third-order valence-electron chi connectivity index (χ3n) is 4.14. The van der Waals surface area contributed by atoms with Crippen molar-refractivity contribution >= 4 is 51.0 Å². The third-order valence-corrected chi connectivity index (χ3v) is 6.10. The van der Waals surface area contributed by atoms with E-state index < -0.39 is 0 Å². The maximum atomic E-state index is 4.45. The topological polar surface area (TPSA) is 46.3 Å². The van der Waals surface area contributed by atoms with Crippen LogP contribution in [0.25, 0.3) is 10.9 Å². The lowest BCUT2D eigenvalue weighted by atomic mass is 10.2. The molecule has 0 saturated carbocycles. The second-order valence-electron chi connectivity index (χ2n) is 6.21. The number of hydrogen-bond acceptors (Lipinski definition) is 6. The van der Waals surface area contributed by atoms with Crippen molar-refractivity contribution in [3.63, 3.8) is 0 Å². The molecule has 2 heterocycles. The van der Waals surface area contributed by atoms with Crippen LogP contribution in [0, 0.1) is 0 Å². The highest BCUT2D eigenvalue weighted by Gasteiger charge is 2.06. The summed E-state index contributed by atoms with van der Waals surface area (Å²) in [5, 5.41) is 10.3. The van der Waals surface area contributed by atoms with E-state index >= 15 is 0 Å². The first kappa shape index (κ1) is 17.8. The Labute approximate surface area is 166 Å². The van der Waals surface area contributed by atoms with Gasteiger partial charge in [-0.2, -0.15) is 0 Å². The smallest absolute Gasteiger partial charge is 0.232 e. The van der Waals surface area contributed by atoms with E-state index in [9.17, 15) is 0 Å². The van der Waals surface area contributed by atoms with E-state index in [1.807, 2.05) is 32.4 Å². The number of aromatic nitrogens is 3. The lowest BCUT2D eigenvalue weighted by Gasteiger charge is -2.11. The Morgan fingerprint density at radius 2 is 1.89 bits per heavy atom. The zero-order valence-electron chi connectivity index (χ0n) is 15.1. The molecule has 0 bridgehead atoms. The average molecular weight is 394 g/mol. The molecule has 0 atom stereocenters. The Bertz CT molecular complexity index is 1060. The minimum Gasteiger partial charge on any atom is -0.378 e. The standard InChI is InChI=1S/C20H19N5S2/c1-24(2)17-9-7-15(8-10-17)13-21-19-22-23-20(27-19)26-14-25-12-11-16-5-3-4-6-18(16)25/h3-13H,14H2,1-2H3. The summed E-state index contributed by atoms with van der Waals surface area (Å²) in [5.74, 6) is 0.803. The number of benzene rings is 2. The molecule has 4 rings (SSSR count). The van der Waals surface area contributed by atoms with Crippen molar-refractivity contribution in [2.75, 3.05) is 19.0 Å². The fourth-order valence-corrected chi connectivity index (χ4v) is 4.29. The van der Waals surface area contributed by atoms with Crippen LogP contribution in [-0.4, -0.2) is 35.1 Å². The predicted molar refractivity (Wildman–Crippen MR) is 116 cm³/mol. The summed E-state index contributed by atoms with van der Waals surface area (Å²) < 4.78 is 3.14. The van der Waals surface area contributed by atoms with Crippen LogP contribution in [-0.2, 0) is 5.88 Å². The van der Waals surface area contributed by atoms with Crippen molar-refractivity contribution < 1.29 is 0 Å². The Kier molecular flexibility index (Phi) is 5.22. The first-order chi connectivity index (χ1) is 13.2. The van der Waals surface area contributed by atoms with Gasteiger partial charge in [0.25, 0.3) is 0 Å². The Morgan fingerprint density at radius 1 is 1.07 bits per heavy atom. The van der Waals surface area contributed by atoms with E-state index in [2.05, 4.69) is 73.3 Å². The first-order valence-corrected chi connectivity index (χ1v) is 10.3. The Hall–Kier alpha value is -2.64. The monoisotopic (exact) mass is 393 g/mol.